The van der Waals surface area contributed by atoms with Crippen LogP contribution in [0.25, 0.3) is 5.69 Å². The fourth-order valence-electron chi connectivity index (χ4n) is 2.85. The first-order chi connectivity index (χ1) is 13.6. The predicted octanol–water partition coefficient (Wildman–Crippen LogP) is 2.52. The summed E-state index contributed by atoms with van der Waals surface area (Å²) in [6.07, 6.45) is 5.38. The Bertz CT molecular complexity index is 849. The average molecular weight is 514 g/mol. The van der Waals surface area contributed by atoms with E-state index in [2.05, 4.69) is 25.9 Å². The van der Waals surface area contributed by atoms with Gasteiger partial charge in [-0.15, -0.1) is 24.0 Å². The molecule has 1 aromatic carbocycles. The quantitative estimate of drug-likeness (QED) is 0.219. The van der Waals surface area contributed by atoms with E-state index in [1.807, 2.05) is 19.9 Å². The number of nitrogens with one attached hydrogen (secondary N) is 3. The summed E-state index contributed by atoms with van der Waals surface area (Å²) in [5.74, 6) is 1.41. The molecule has 1 aromatic heterocycles. The predicted molar refractivity (Wildman–Crippen MR) is 122 cm³/mol. The molecular weight excluding hydrogens is 486 g/mol. The van der Waals surface area contributed by atoms with Crippen LogP contribution in [-0.4, -0.2) is 41.1 Å². The number of nitrogens with zero attached hydrogens (tertiary/aromatic N) is 3. The summed E-state index contributed by atoms with van der Waals surface area (Å²) in [7, 11) is 0. The highest BCUT2D eigenvalue weighted by Gasteiger charge is 2.28. The Morgan fingerprint density at radius 2 is 2.03 bits per heavy atom. The molecule has 1 fully saturated rings. The Balaban J connectivity index is 0.00000300. The van der Waals surface area contributed by atoms with Gasteiger partial charge in [-0.05, 0) is 44.4 Å². The number of amides is 1. The Morgan fingerprint density at radius 1 is 1.28 bits per heavy atom. The van der Waals surface area contributed by atoms with Crippen LogP contribution in [0.4, 0.5) is 4.39 Å². The summed E-state index contributed by atoms with van der Waals surface area (Å²) in [5, 5.41) is 9.24. The molecule has 0 spiro atoms. The van der Waals surface area contributed by atoms with Gasteiger partial charge in [0, 0.05) is 37.9 Å². The van der Waals surface area contributed by atoms with E-state index < -0.39 is 0 Å². The number of hydrogen-bond donors (Lipinski definition) is 3. The average Bonchev–Trinajstić information content (AvgIpc) is 3.45. The van der Waals surface area contributed by atoms with Gasteiger partial charge in [0.25, 0.3) is 0 Å². The van der Waals surface area contributed by atoms with Crippen LogP contribution < -0.4 is 16.0 Å². The first-order valence-corrected chi connectivity index (χ1v) is 9.67. The van der Waals surface area contributed by atoms with Crippen LogP contribution in [0.2, 0.25) is 0 Å². The van der Waals surface area contributed by atoms with Crippen LogP contribution in [0, 0.1) is 18.7 Å². The third-order valence-electron chi connectivity index (χ3n) is 4.53. The molecule has 1 aliphatic rings. The Morgan fingerprint density at radius 3 is 2.66 bits per heavy atom. The van der Waals surface area contributed by atoms with Gasteiger partial charge in [0.05, 0.1) is 12.2 Å². The van der Waals surface area contributed by atoms with E-state index >= 15 is 0 Å². The summed E-state index contributed by atoms with van der Waals surface area (Å²) in [5.41, 5.74) is 1.25. The second kappa shape index (κ2) is 11.1. The molecule has 0 saturated heterocycles. The van der Waals surface area contributed by atoms with Crippen LogP contribution in [0.5, 0.6) is 0 Å². The van der Waals surface area contributed by atoms with Crippen molar-refractivity contribution < 1.29 is 9.18 Å². The molecule has 158 valence electrons. The summed E-state index contributed by atoms with van der Waals surface area (Å²) < 4.78 is 16.2. The lowest BCUT2D eigenvalue weighted by atomic mass is 10.2. The van der Waals surface area contributed by atoms with Crippen molar-refractivity contribution in [1.29, 1.82) is 0 Å². The summed E-state index contributed by atoms with van der Waals surface area (Å²) in [4.78, 5) is 20.2. The van der Waals surface area contributed by atoms with Gasteiger partial charge in [-0.3, -0.25) is 4.79 Å². The van der Waals surface area contributed by atoms with Gasteiger partial charge in [-0.2, -0.15) is 0 Å². The Labute approximate surface area is 187 Å². The smallest absolute Gasteiger partial charge is 0.223 e. The van der Waals surface area contributed by atoms with Crippen molar-refractivity contribution in [2.24, 2.45) is 10.9 Å². The van der Waals surface area contributed by atoms with Crippen LogP contribution in [0.3, 0.4) is 0 Å². The van der Waals surface area contributed by atoms with E-state index in [0.29, 0.717) is 37.8 Å². The molecule has 1 heterocycles. The van der Waals surface area contributed by atoms with E-state index in [1.54, 1.807) is 23.0 Å². The summed E-state index contributed by atoms with van der Waals surface area (Å²) >= 11 is 0. The number of aryl methyl sites for hydroxylation is 1. The molecule has 1 aliphatic carbocycles. The number of imidazole rings is 1. The van der Waals surface area contributed by atoms with Gasteiger partial charge in [-0.1, -0.05) is 6.07 Å². The second-order valence-corrected chi connectivity index (χ2v) is 6.82. The van der Waals surface area contributed by atoms with Crippen molar-refractivity contribution in [3.05, 3.63) is 47.8 Å². The normalized spacial score (nSPS) is 13.6. The van der Waals surface area contributed by atoms with Gasteiger partial charge in [0.1, 0.15) is 11.6 Å². The highest BCUT2D eigenvalue weighted by molar-refractivity contribution is 14.0. The maximum absolute atomic E-state index is 14.5. The largest absolute Gasteiger partial charge is 0.357 e. The highest BCUT2D eigenvalue weighted by atomic mass is 127. The third-order valence-corrected chi connectivity index (χ3v) is 4.53. The zero-order valence-corrected chi connectivity index (χ0v) is 19.1. The Hall–Kier alpha value is -2.17. The first kappa shape index (κ1) is 23.1. The molecule has 29 heavy (non-hydrogen) atoms. The molecule has 1 amide bonds. The van der Waals surface area contributed by atoms with Crippen LogP contribution in [0.1, 0.15) is 31.2 Å². The molecule has 9 heteroatoms. The van der Waals surface area contributed by atoms with Gasteiger partial charge < -0.3 is 20.5 Å². The van der Waals surface area contributed by atoms with Crippen LogP contribution >= 0.6 is 24.0 Å². The van der Waals surface area contributed by atoms with Crippen molar-refractivity contribution in [2.75, 3.05) is 19.6 Å². The van der Waals surface area contributed by atoms with Crippen molar-refractivity contribution in [3.8, 4) is 5.69 Å². The fourth-order valence-corrected chi connectivity index (χ4v) is 2.85. The van der Waals surface area contributed by atoms with Crippen molar-refractivity contribution in [1.82, 2.24) is 25.5 Å². The molecule has 3 rings (SSSR count). The number of aliphatic imine (C=N–C) groups is 1. The van der Waals surface area contributed by atoms with E-state index in [4.69, 9.17) is 0 Å². The van der Waals surface area contributed by atoms with E-state index in [9.17, 15) is 9.18 Å². The van der Waals surface area contributed by atoms with Gasteiger partial charge in [0.2, 0.25) is 5.91 Å². The number of carbonyl (C=O) groups is 1. The summed E-state index contributed by atoms with van der Waals surface area (Å²) in [6.45, 7) is 6.01. The number of halogens is 2. The summed E-state index contributed by atoms with van der Waals surface area (Å²) in [6, 6.07) is 5.10. The molecule has 0 unspecified atom stereocenters. The number of benzene rings is 1. The number of guanidine groups is 1. The molecule has 0 aliphatic heterocycles. The SMILES string of the molecule is CCNC(=NCc1ccc(-n2ccnc2C)c(F)c1)NCCNC(=O)C1CC1.I. The molecule has 1 saturated carbocycles. The van der Waals surface area contributed by atoms with Gasteiger partial charge in [0.15, 0.2) is 5.96 Å². The first-order valence-electron chi connectivity index (χ1n) is 9.67. The highest BCUT2D eigenvalue weighted by Crippen LogP contribution is 2.28. The zero-order chi connectivity index (χ0) is 19.9. The molecule has 3 N–H and O–H groups in total. The van der Waals surface area contributed by atoms with Gasteiger partial charge >= 0.3 is 0 Å². The maximum Gasteiger partial charge on any atom is 0.223 e. The molecule has 2 aromatic rings. The van der Waals surface area contributed by atoms with E-state index in [0.717, 1.165) is 24.2 Å². The Kier molecular flexibility index (Phi) is 8.87. The minimum atomic E-state index is -0.311. The van der Waals surface area contributed by atoms with Crippen LogP contribution in [-0.2, 0) is 11.3 Å². The molecule has 0 radical (unpaired) electrons. The van der Waals surface area contributed by atoms with Crippen molar-refractivity contribution >= 4 is 35.8 Å². The molecular formula is C20H28FIN6O. The monoisotopic (exact) mass is 514 g/mol. The number of carbonyl (C=O) groups excluding carboxylic acids is 1. The van der Waals surface area contributed by atoms with Crippen molar-refractivity contribution in [2.45, 2.75) is 33.2 Å². The topological polar surface area (TPSA) is 83.3 Å². The maximum atomic E-state index is 14.5. The van der Waals surface area contributed by atoms with Crippen molar-refractivity contribution in [3.63, 3.8) is 0 Å². The lowest BCUT2D eigenvalue weighted by Crippen LogP contribution is -2.41. The minimum Gasteiger partial charge on any atom is -0.357 e. The third kappa shape index (κ3) is 6.69. The molecule has 0 atom stereocenters. The van der Waals surface area contributed by atoms with Crippen LogP contribution in [0.15, 0.2) is 35.6 Å². The van der Waals surface area contributed by atoms with E-state index in [-0.39, 0.29) is 41.6 Å². The lowest BCUT2D eigenvalue weighted by molar-refractivity contribution is -0.122. The lowest BCUT2D eigenvalue weighted by Gasteiger charge is -2.12. The molecule has 7 nitrogen and oxygen atoms in total. The number of aromatic nitrogens is 2. The fraction of sp³-hybridized carbons (Fsp3) is 0.450. The minimum absolute atomic E-state index is 0. The second-order valence-electron chi connectivity index (χ2n) is 6.82. The number of hydrogen-bond acceptors (Lipinski definition) is 3. The van der Waals surface area contributed by atoms with Gasteiger partial charge in [-0.25, -0.2) is 14.4 Å². The molecule has 0 bridgehead atoms. The zero-order valence-electron chi connectivity index (χ0n) is 16.7. The number of rotatable bonds is 8. The van der Waals surface area contributed by atoms with E-state index in [1.165, 1.54) is 6.07 Å². The standard InChI is InChI=1S/C20H27FN6O.HI/c1-3-22-20(25-9-8-24-19(28)16-5-6-16)26-13-15-4-7-18(17(21)12-15)27-11-10-23-14(27)2;/h4,7,10-12,16H,3,5-6,8-9,13H2,1-2H3,(H,24,28)(H2,22,25,26);1H.